The lowest BCUT2D eigenvalue weighted by atomic mass is 9.84. The summed E-state index contributed by atoms with van der Waals surface area (Å²) < 4.78 is 25.9. The minimum Gasteiger partial charge on any atom is -0.336 e. The number of carbonyl (C=O) groups is 1. The summed E-state index contributed by atoms with van der Waals surface area (Å²) in [5.74, 6) is -2.44. The molecule has 0 aromatic heterocycles. The lowest BCUT2D eigenvalue weighted by molar-refractivity contribution is -0.132. The van der Waals surface area contributed by atoms with Crippen molar-refractivity contribution in [1.29, 1.82) is 0 Å². The summed E-state index contributed by atoms with van der Waals surface area (Å²) in [5, 5.41) is 0. The molecule has 1 saturated heterocycles. The number of hydrogen-bond donors (Lipinski definition) is 1. The Kier molecular flexibility index (Phi) is 5.34. The molecular formula is C12H21ClF2N2O. The van der Waals surface area contributed by atoms with Gasteiger partial charge in [-0.2, -0.15) is 0 Å². The number of carbonyl (C=O) groups excluding carboxylic acids is 1. The molecule has 2 N–H and O–H groups in total. The minimum atomic E-state index is -2.68. The van der Waals surface area contributed by atoms with Gasteiger partial charge in [0, 0.05) is 25.4 Å². The van der Waals surface area contributed by atoms with Crippen LogP contribution in [0.4, 0.5) is 8.78 Å². The summed E-state index contributed by atoms with van der Waals surface area (Å²) in [6.07, 6.45) is 4.05. The highest BCUT2D eigenvalue weighted by Gasteiger charge is 2.40. The van der Waals surface area contributed by atoms with Gasteiger partial charge in [-0.3, -0.25) is 4.79 Å². The van der Waals surface area contributed by atoms with Crippen molar-refractivity contribution in [2.45, 2.75) is 50.5 Å². The van der Waals surface area contributed by atoms with Gasteiger partial charge in [0.2, 0.25) is 5.91 Å². The number of alkyl halides is 2. The lowest BCUT2D eigenvalue weighted by Crippen LogP contribution is -2.34. The van der Waals surface area contributed by atoms with Gasteiger partial charge in [0.15, 0.2) is 0 Å². The molecule has 1 heterocycles. The van der Waals surface area contributed by atoms with Crippen LogP contribution in [0.5, 0.6) is 0 Å². The molecule has 1 amide bonds. The SMILES string of the molecule is Cl.NC1CCC(CC(=O)N2CCC(F)(F)C2)CC1. The molecule has 2 fully saturated rings. The number of nitrogens with zero attached hydrogens (tertiary/aromatic N) is 1. The topological polar surface area (TPSA) is 46.3 Å². The van der Waals surface area contributed by atoms with Crippen LogP contribution in [-0.4, -0.2) is 35.9 Å². The highest BCUT2D eigenvalue weighted by molar-refractivity contribution is 5.85. The van der Waals surface area contributed by atoms with Gasteiger partial charge in [0.25, 0.3) is 5.92 Å². The Morgan fingerprint density at radius 2 is 1.89 bits per heavy atom. The van der Waals surface area contributed by atoms with Gasteiger partial charge in [0.05, 0.1) is 6.54 Å². The molecule has 0 aromatic rings. The molecule has 0 radical (unpaired) electrons. The van der Waals surface area contributed by atoms with Crippen molar-refractivity contribution in [1.82, 2.24) is 4.90 Å². The molecule has 0 spiro atoms. The maximum absolute atomic E-state index is 13.0. The van der Waals surface area contributed by atoms with Crippen molar-refractivity contribution in [2.75, 3.05) is 13.1 Å². The van der Waals surface area contributed by atoms with Gasteiger partial charge in [-0.25, -0.2) is 8.78 Å². The summed E-state index contributed by atoms with van der Waals surface area (Å²) in [5.41, 5.74) is 5.79. The molecule has 2 rings (SSSR count). The van der Waals surface area contributed by atoms with Crippen LogP contribution in [0.1, 0.15) is 38.5 Å². The van der Waals surface area contributed by atoms with Crippen LogP contribution < -0.4 is 5.73 Å². The zero-order chi connectivity index (χ0) is 12.5. The van der Waals surface area contributed by atoms with Crippen molar-refractivity contribution >= 4 is 18.3 Å². The third-order valence-electron chi connectivity index (χ3n) is 3.88. The fourth-order valence-electron chi connectivity index (χ4n) is 2.72. The second-order valence-electron chi connectivity index (χ2n) is 5.41. The number of likely N-dealkylation sites (tertiary alicyclic amines) is 1. The van der Waals surface area contributed by atoms with E-state index in [-0.39, 0.29) is 37.3 Å². The van der Waals surface area contributed by atoms with E-state index in [1.54, 1.807) is 0 Å². The molecule has 0 bridgehead atoms. The van der Waals surface area contributed by atoms with Crippen LogP contribution >= 0.6 is 12.4 Å². The van der Waals surface area contributed by atoms with E-state index in [2.05, 4.69) is 0 Å². The first-order chi connectivity index (χ1) is 7.96. The quantitative estimate of drug-likeness (QED) is 0.844. The maximum atomic E-state index is 13.0. The first-order valence-corrected chi connectivity index (χ1v) is 6.37. The molecule has 0 unspecified atom stereocenters. The zero-order valence-electron chi connectivity index (χ0n) is 10.4. The summed E-state index contributed by atoms with van der Waals surface area (Å²) in [6, 6.07) is 0.262. The van der Waals surface area contributed by atoms with Gasteiger partial charge in [-0.1, -0.05) is 0 Å². The number of halogens is 3. The molecule has 1 aliphatic carbocycles. The monoisotopic (exact) mass is 282 g/mol. The number of nitrogens with two attached hydrogens (primary N) is 1. The largest absolute Gasteiger partial charge is 0.336 e. The second-order valence-corrected chi connectivity index (χ2v) is 5.41. The van der Waals surface area contributed by atoms with Crippen LogP contribution in [0.2, 0.25) is 0 Å². The van der Waals surface area contributed by atoms with Crippen molar-refractivity contribution < 1.29 is 13.6 Å². The minimum absolute atomic E-state index is 0. The van der Waals surface area contributed by atoms with Crippen LogP contribution in [0.25, 0.3) is 0 Å². The zero-order valence-corrected chi connectivity index (χ0v) is 11.2. The molecule has 18 heavy (non-hydrogen) atoms. The summed E-state index contributed by atoms with van der Waals surface area (Å²) >= 11 is 0. The van der Waals surface area contributed by atoms with E-state index in [1.807, 2.05) is 0 Å². The van der Waals surface area contributed by atoms with Gasteiger partial charge in [-0.05, 0) is 31.6 Å². The Hall–Kier alpha value is -0.420. The summed E-state index contributed by atoms with van der Waals surface area (Å²) in [4.78, 5) is 13.2. The lowest BCUT2D eigenvalue weighted by Gasteiger charge is -2.27. The van der Waals surface area contributed by atoms with Crippen molar-refractivity contribution in [3.63, 3.8) is 0 Å². The van der Waals surface area contributed by atoms with Crippen LogP contribution in [0.15, 0.2) is 0 Å². The number of amides is 1. The molecule has 3 nitrogen and oxygen atoms in total. The third kappa shape index (κ3) is 4.05. The molecule has 1 saturated carbocycles. The van der Waals surface area contributed by atoms with Crippen LogP contribution in [-0.2, 0) is 4.79 Å². The fourth-order valence-corrected chi connectivity index (χ4v) is 2.72. The van der Waals surface area contributed by atoms with E-state index < -0.39 is 12.5 Å². The van der Waals surface area contributed by atoms with Crippen LogP contribution in [0, 0.1) is 5.92 Å². The van der Waals surface area contributed by atoms with Gasteiger partial charge in [0.1, 0.15) is 0 Å². The summed E-state index contributed by atoms with van der Waals surface area (Å²) in [6.45, 7) is -0.184. The molecular weight excluding hydrogens is 262 g/mol. The molecule has 0 atom stereocenters. The average molecular weight is 283 g/mol. The molecule has 6 heteroatoms. The highest BCUT2D eigenvalue weighted by Crippen LogP contribution is 2.30. The highest BCUT2D eigenvalue weighted by atomic mass is 35.5. The molecule has 0 aromatic carbocycles. The first-order valence-electron chi connectivity index (χ1n) is 6.37. The molecule has 106 valence electrons. The Morgan fingerprint density at radius 3 is 2.39 bits per heavy atom. The van der Waals surface area contributed by atoms with E-state index in [1.165, 1.54) is 4.90 Å². The Balaban J connectivity index is 0.00000162. The van der Waals surface area contributed by atoms with Crippen molar-refractivity contribution in [3.8, 4) is 0 Å². The van der Waals surface area contributed by atoms with Crippen molar-refractivity contribution in [3.05, 3.63) is 0 Å². The van der Waals surface area contributed by atoms with E-state index in [0.29, 0.717) is 12.3 Å². The predicted octanol–water partition coefficient (Wildman–Crippen LogP) is 2.18. The van der Waals surface area contributed by atoms with E-state index in [0.717, 1.165) is 25.7 Å². The number of rotatable bonds is 2. The smallest absolute Gasteiger partial charge is 0.267 e. The van der Waals surface area contributed by atoms with Gasteiger partial charge in [-0.15, -0.1) is 12.4 Å². The number of hydrogen-bond acceptors (Lipinski definition) is 2. The Morgan fingerprint density at radius 1 is 1.28 bits per heavy atom. The van der Waals surface area contributed by atoms with E-state index >= 15 is 0 Å². The first kappa shape index (κ1) is 15.6. The van der Waals surface area contributed by atoms with Gasteiger partial charge >= 0.3 is 0 Å². The molecule has 1 aliphatic heterocycles. The second kappa shape index (κ2) is 6.15. The van der Waals surface area contributed by atoms with Crippen LogP contribution in [0.3, 0.4) is 0 Å². The summed E-state index contributed by atoms with van der Waals surface area (Å²) in [7, 11) is 0. The third-order valence-corrected chi connectivity index (χ3v) is 3.88. The normalized spacial score (nSPS) is 30.9. The Bertz CT molecular complexity index is 294. The average Bonchev–Trinajstić information content (AvgIpc) is 2.62. The standard InChI is InChI=1S/C12H20F2N2O.ClH/c13-12(14)5-6-16(8-12)11(17)7-9-1-3-10(15)4-2-9;/h9-10H,1-8,15H2;1H. The van der Waals surface area contributed by atoms with Crippen molar-refractivity contribution in [2.24, 2.45) is 11.7 Å². The molecule has 2 aliphatic rings. The predicted molar refractivity (Wildman–Crippen MR) is 67.9 cm³/mol. The van der Waals surface area contributed by atoms with E-state index in [4.69, 9.17) is 5.73 Å². The van der Waals surface area contributed by atoms with E-state index in [9.17, 15) is 13.6 Å². The fraction of sp³-hybridized carbons (Fsp3) is 0.917. The Labute approximate surface area is 112 Å². The maximum Gasteiger partial charge on any atom is 0.267 e. The van der Waals surface area contributed by atoms with Gasteiger partial charge < -0.3 is 10.6 Å².